The number of H-pyrrole nitrogens is 1. The molecule has 2 aromatic heterocycles. The number of aromatic amines is 1. The standard InChI is InChI=1S/C20H20F4N6O/c1-19(2,3)30-18(31)12-7-26-17-16(12)29-14(8-27-17)15(25)11-5-4-10(21)6-13(11)28-9-20(22,23)24/h4-8,25,28H,9H2,1-3H3,(H,26,27)(H,30,31). The van der Waals surface area contributed by atoms with Crippen LogP contribution in [0.4, 0.5) is 23.2 Å². The van der Waals surface area contributed by atoms with Crippen molar-refractivity contribution in [3.63, 3.8) is 0 Å². The Kier molecular flexibility index (Phi) is 5.70. The van der Waals surface area contributed by atoms with Gasteiger partial charge in [-0.05, 0) is 39.0 Å². The number of amides is 1. The van der Waals surface area contributed by atoms with Crippen LogP contribution in [0.3, 0.4) is 0 Å². The third kappa shape index (κ3) is 5.36. The van der Waals surface area contributed by atoms with E-state index in [9.17, 15) is 22.4 Å². The number of anilines is 1. The van der Waals surface area contributed by atoms with Gasteiger partial charge in [0.15, 0.2) is 5.65 Å². The van der Waals surface area contributed by atoms with Crippen LogP contribution in [0.15, 0.2) is 30.6 Å². The number of halogens is 4. The molecule has 0 unspecified atom stereocenters. The number of carbonyl (C=O) groups is 1. The third-order valence-electron chi connectivity index (χ3n) is 4.10. The zero-order chi connectivity index (χ0) is 23.0. The summed E-state index contributed by atoms with van der Waals surface area (Å²) < 4.78 is 51.4. The molecule has 0 aliphatic rings. The highest BCUT2D eigenvalue weighted by molar-refractivity contribution is 6.14. The van der Waals surface area contributed by atoms with Gasteiger partial charge in [-0.15, -0.1) is 0 Å². The quantitative estimate of drug-likeness (QED) is 0.358. The summed E-state index contributed by atoms with van der Waals surface area (Å²) in [6, 6.07) is 3.10. The average Bonchev–Trinajstić information content (AvgIpc) is 3.07. The van der Waals surface area contributed by atoms with Crippen molar-refractivity contribution < 1.29 is 22.4 Å². The summed E-state index contributed by atoms with van der Waals surface area (Å²) in [5, 5.41) is 13.3. The first-order chi connectivity index (χ1) is 14.3. The Bertz CT molecular complexity index is 1150. The largest absolute Gasteiger partial charge is 0.405 e. The molecule has 2 heterocycles. The van der Waals surface area contributed by atoms with E-state index in [0.29, 0.717) is 5.65 Å². The monoisotopic (exact) mass is 436 g/mol. The molecule has 3 rings (SSSR count). The summed E-state index contributed by atoms with van der Waals surface area (Å²) in [7, 11) is 0. The Hall–Kier alpha value is -3.50. The number of rotatable bonds is 5. The van der Waals surface area contributed by atoms with Gasteiger partial charge in [0.05, 0.1) is 17.5 Å². The molecule has 3 aromatic rings. The highest BCUT2D eigenvalue weighted by atomic mass is 19.4. The number of nitrogens with one attached hydrogen (secondary N) is 4. The van der Waals surface area contributed by atoms with E-state index >= 15 is 0 Å². The molecule has 0 saturated carbocycles. The first kappa shape index (κ1) is 22.2. The first-order valence-electron chi connectivity index (χ1n) is 9.20. The lowest BCUT2D eigenvalue weighted by molar-refractivity contribution is -0.115. The lowest BCUT2D eigenvalue weighted by Crippen LogP contribution is -2.40. The van der Waals surface area contributed by atoms with Crippen LogP contribution in [0, 0.1) is 11.2 Å². The molecule has 164 valence electrons. The Morgan fingerprint density at radius 3 is 2.55 bits per heavy atom. The lowest BCUT2D eigenvalue weighted by Gasteiger charge is -2.20. The molecule has 0 fully saturated rings. The molecule has 0 radical (unpaired) electrons. The van der Waals surface area contributed by atoms with Gasteiger partial charge in [0, 0.05) is 23.0 Å². The number of hydrogen-bond acceptors (Lipinski definition) is 5. The van der Waals surface area contributed by atoms with E-state index in [-0.39, 0.29) is 33.7 Å². The summed E-state index contributed by atoms with van der Waals surface area (Å²) in [5.41, 5.74) is -0.228. The van der Waals surface area contributed by atoms with Crippen LogP contribution in [-0.2, 0) is 0 Å². The van der Waals surface area contributed by atoms with Crippen molar-refractivity contribution in [3.05, 3.63) is 53.2 Å². The van der Waals surface area contributed by atoms with E-state index in [1.165, 1.54) is 18.5 Å². The topological polar surface area (TPSA) is 107 Å². The van der Waals surface area contributed by atoms with Crippen LogP contribution in [-0.4, -0.2) is 44.8 Å². The molecule has 0 aliphatic carbocycles. The molecule has 0 atom stereocenters. The van der Waals surface area contributed by atoms with E-state index < -0.39 is 30.0 Å². The predicted octanol–water partition coefficient (Wildman–Crippen LogP) is 4.02. The number of nitrogens with zero attached hydrogens (tertiary/aromatic N) is 2. The Balaban J connectivity index is 1.98. The molecule has 0 saturated heterocycles. The Morgan fingerprint density at radius 2 is 1.90 bits per heavy atom. The Morgan fingerprint density at radius 1 is 1.19 bits per heavy atom. The van der Waals surface area contributed by atoms with Gasteiger partial charge in [-0.3, -0.25) is 10.2 Å². The number of carbonyl (C=O) groups excluding carboxylic acids is 1. The van der Waals surface area contributed by atoms with Gasteiger partial charge in [0.1, 0.15) is 23.6 Å². The van der Waals surface area contributed by atoms with Gasteiger partial charge < -0.3 is 15.6 Å². The lowest BCUT2D eigenvalue weighted by atomic mass is 10.0. The van der Waals surface area contributed by atoms with Gasteiger partial charge >= 0.3 is 6.18 Å². The number of aromatic nitrogens is 3. The van der Waals surface area contributed by atoms with Crippen LogP contribution < -0.4 is 10.6 Å². The van der Waals surface area contributed by atoms with Crippen molar-refractivity contribution in [2.24, 2.45) is 0 Å². The van der Waals surface area contributed by atoms with Gasteiger partial charge in [-0.2, -0.15) is 13.2 Å². The minimum atomic E-state index is -4.52. The van der Waals surface area contributed by atoms with Crippen molar-refractivity contribution in [1.29, 1.82) is 5.41 Å². The zero-order valence-corrected chi connectivity index (χ0v) is 16.9. The van der Waals surface area contributed by atoms with Crippen LogP contribution in [0.2, 0.25) is 0 Å². The fourth-order valence-corrected chi connectivity index (χ4v) is 2.81. The van der Waals surface area contributed by atoms with Crippen molar-refractivity contribution in [1.82, 2.24) is 20.3 Å². The van der Waals surface area contributed by atoms with Crippen molar-refractivity contribution >= 4 is 28.5 Å². The van der Waals surface area contributed by atoms with Gasteiger partial charge in [0.2, 0.25) is 0 Å². The van der Waals surface area contributed by atoms with Crippen LogP contribution >= 0.6 is 0 Å². The number of benzene rings is 1. The number of alkyl halides is 3. The molecule has 1 amide bonds. The van der Waals surface area contributed by atoms with Crippen molar-refractivity contribution in [3.8, 4) is 0 Å². The minimum Gasteiger partial charge on any atom is -0.376 e. The Labute approximate surface area is 174 Å². The molecular weight excluding hydrogens is 416 g/mol. The molecule has 4 N–H and O–H groups in total. The van der Waals surface area contributed by atoms with Crippen LogP contribution in [0.5, 0.6) is 0 Å². The van der Waals surface area contributed by atoms with E-state index in [2.05, 4.69) is 25.6 Å². The van der Waals surface area contributed by atoms with Gasteiger partial charge in [0.25, 0.3) is 5.91 Å². The highest BCUT2D eigenvalue weighted by Crippen LogP contribution is 2.24. The summed E-state index contributed by atoms with van der Waals surface area (Å²) in [6.07, 6.45) is -1.83. The van der Waals surface area contributed by atoms with Crippen LogP contribution in [0.25, 0.3) is 11.2 Å². The van der Waals surface area contributed by atoms with E-state index in [0.717, 1.165) is 12.1 Å². The summed E-state index contributed by atoms with van der Waals surface area (Å²) in [4.78, 5) is 23.8. The molecule has 0 aliphatic heterocycles. The van der Waals surface area contributed by atoms with E-state index in [4.69, 9.17) is 5.41 Å². The van der Waals surface area contributed by atoms with Gasteiger partial charge in [-0.1, -0.05) is 0 Å². The molecule has 7 nitrogen and oxygen atoms in total. The van der Waals surface area contributed by atoms with E-state index in [1.54, 1.807) is 0 Å². The molecule has 0 bridgehead atoms. The summed E-state index contributed by atoms with van der Waals surface area (Å²) >= 11 is 0. The second-order valence-electron chi connectivity index (χ2n) is 7.89. The molecule has 11 heteroatoms. The maximum atomic E-state index is 13.6. The summed E-state index contributed by atoms with van der Waals surface area (Å²) in [5.74, 6) is -1.15. The van der Waals surface area contributed by atoms with Crippen molar-refractivity contribution in [2.45, 2.75) is 32.5 Å². The van der Waals surface area contributed by atoms with Gasteiger partial charge in [-0.25, -0.2) is 14.4 Å². The third-order valence-corrected chi connectivity index (χ3v) is 4.10. The average molecular weight is 436 g/mol. The fraction of sp³-hybridized carbons (Fsp3) is 0.300. The maximum absolute atomic E-state index is 13.6. The second kappa shape index (κ2) is 7.97. The smallest absolute Gasteiger partial charge is 0.376 e. The normalized spacial score (nSPS) is 12.1. The molecule has 0 spiro atoms. The maximum Gasteiger partial charge on any atom is 0.405 e. The minimum absolute atomic E-state index is 0.00975. The molecule has 1 aromatic carbocycles. The highest BCUT2D eigenvalue weighted by Gasteiger charge is 2.27. The number of hydrogen-bond donors (Lipinski definition) is 4. The van der Waals surface area contributed by atoms with Crippen LogP contribution in [0.1, 0.15) is 42.4 Å². The molecular formula is C20H20F4N6O. The second-order valence-corrected chi connectivity index (χ2v) is 7.89. The van der Waals surface area contributed by atoms with E-state index in [1.807, 2.05) is 20.8 Å². The fourth-order valence-electron chi connectivity index (χ4n) is 2.81. The number of fused-ring (bicyclic) bond motifs is 1. The zero-order valence-electron chi connectivity index (χ0n) is 16.9. The SMILES string of the molecule is CC(C)(C)NC(=O)c1c[nH]c2ncc(C(=N)c3ccc(F)cc3NCC(F)(F)F)nc12. The summed E-state index contributed by atoms with van der Waals surface area (Å²) in [6.45, 7) is 4.06. The molecule has 31 heavy (non-hydrogen) atoms. The predicted molar refractivity (Wildman–Crippen MR) is 108 cm³/mol. The first-order valence-corrected chi connectivity index (χ1v) is 9.20. The van der Waals surface area contributed by atoms with Crippen molar-refractivity contribution in [2.75, 3.05) is 11.9 Å².